The molecule has 0 spiro atoms. The van der Waals surface area contributed by atoms with Crippen molar-refractivity contribution < 1.29 is 9.84 Å². The van der Waals surface area contributed by atoms with E-state index in [0.717, 1.165) is 12.4 Å². The first-order valence-corrected chi connectivity index (χ1v) is 5.55. The molecular weight excluding hydrogens is 230 g/mol. The molecule has 5 nitrogen and oxygen atoms in total. The lowest BCUT2D eigenvalue weighted by molar-refractivity contribution is -0.0423. The van der Waals surface area contributed by atoms with Gasteiger partial charge in [-0.15, -0.1) is 0 Å². The van der Waals surface area contributed by atoms with E-state index in [1.165, 1.54) is 6.33 Å². The summed E-state index contributed by atoms with van der Waals surface area (Å²) in [6.45, 7) is 3.34. The first kappa shape index (κ1) is 11.6. The average molecular weight is 244 g/mol. The highest BCUT2D eigenvalue weighted by Gasteiger charge is 2.25. The Hall–Kier alpha value is -0.910. The minimum Gasteiger partial charge on any atom is -0.394 e. The van der Waals surface area contributed by atoms with Crippen LogP contribution in [0.5, 0.6) is 0 Å². The monoisotopic (exact) mass is 243 g/mol. The Balaban J connectivity index is 2.14. The lowest BCUT2D eigenvalue weighted by atomic mass is 10.2. The lowest BCUT2D eigenvalue weighted by Crippen LogP contribution is -2.48. The molecule has 1 aromatic heterocycles. The molecule has 2 rings (SSSR count). The van der Waals surface area contributed by atoms with Crippen LogP contribution in [0.3, 0.4) is 0 Å². The molecule has 6 heteroatoms. The zero-order chi connectivity index (χ0) is 11.5. The fraction of sp³-hybridized carbons (Fsp3) is 0.600. The summed E-state index contributed by atoms with van der Waals surface area (Å²) >= 11 is 5.81. The molecule has 0 radical (unpaired) electrons. The van der Waals surface area contributed by atoms with Gasteiger partial charge >= 0.3 is 0 Å². The van der Waals surface area contributed by atoms with Gasteiger partial charge in [0, 0.05) is 19.2 Å². The zero-order valence-electron chi connectivity index (χ0n) is 9.01. The number of aromatic nitrogens is 2. The molecule has 88 valence electrons. The van der Waals surface area contributed by atoms with Crippen molar-refractivity contribution in [2.24, 2.45) is 0 Å². The number of nitrogens with zero attached hydrogens (tertiary/aromatic N) is 3. The van der Waals surface area contributed by atoms with Crippen molar-refractivity contribution in [1.82, 2.24) is 9.97 Å². The molecule has 0 amide bonds. The molecule has 0 bridgehead atoms. The summed E-state index contributed by atoms with van der Waals surface area (Å²) in [6.07, 6.45) is 1.34. The standard InChI is InChI=1S/C10H14ClN3O2/c1-7-3-14(4-8(5-15)16-7)10-2-9(11)12-6-13-10/h2,6-8,15H,3-5H2,1H3. The van der Waals surface area contributed by atoms with E-state index in [0.29, 0.717) is 11.7 Å². The fourth-order valence-electron chi connectivity index (χ4n) is 1.83. The highest BCUT2D eigenvalue weighted by Crippen LogP contribution is 2.19. The second kappa shape index (κ2) is 4.95. The van der Waals surface area contributed by atoms with Crippen LogP contribution < -0.4 is 4.90 Å². The summed E-state index contributed by atoms with van der Waals surface area (Å²) < 4.78 is 5.55. The number of ether oxygens (including phenoxy) is 1. The molecule has 2 heterocycles. The SMILES string of the molecule is CC1CN(c2cc(Cl)ncn2)CC(CO)O1. The summed E-state index contributed by atoms with van der Waals surface area (Å²) in [7, 11) is 0. The number of aliphatic hydroxyl groups is 1. The number of hydrogen-bond acceptors (Lipinski definition) is 5. The average Bonchev–Trinajstić information content (AvgIpc) is 2.28. The normalized spacial score (nSPS) is 25.8. The van der Waals surface area contributed by atoms with Crippen molar-refractivity contribution in [3.05, 3.63) is 17.5 Å². The van der Waals surface area contributed by atoms with Gasteiger partial charge in [-0.3, -0.25) is 0 Å². The van der Waals surface area contributed by atoms with Crippen molar-refractivity contribution >= 4 is 17.4 Å². The second-order valence-corrected chi connectivity index (χ2v) is 4.24. The van der Waals surface area contributed by atoms with E-state index in [1.807, 2.05) is 11.8 Å². The van der Waals surface area contributed by atoms with Crippen LogP contribution in [-0.2, 0) is 4.74 Å². The van der Waals surface area contributed by atoms with Gasteiger partial charge in [-0.1, -0.05) is 11.6 Å². The van der Waals surface area contributed by atoms with Crippen LogP contribution in [0.25, 0.3) is 0 Å². The molecule has 1 saturated heterocycles. The molecule has 1 N–H and O–H groups in total. The maximum atomic E-state index is 9.12. The lowest BCUT2D eigenvalue weighted by Gasteiger charge is -2.36. The van der Waals surface area contributed by atoms with Crippen molar-refractivity contribution in [1.29, 1.82) is 0 Å². The Morgan fingerprint density at radius 1 is 1.56 bits per heavy atom. The molecule has 2 atom stereocenters. The van der Waals surface area contributed by atoms with Crippen molar-refractivity contribution in [2.75, 3.05) is 24.6 Å². The molecule has 0 aliphatic carbocycles. The molecule has 0 saturated carbocycles. The number of morpholine rings is 1. The minimum absolute atomic E-state index is 0.0135. The van der Waals surface area contributed by atoms with Gasteiger partial charge in [0.05, 0.1) is 18.8 Å². The molecule has 1 aromatic rings. The van der Waals surface area contributed by atoms with Gasteiger partial charge in [0.2, 0.25) is 0 Å². The Kier molecular flexibility index (Phi) is 3.58. The third-order valence-electron chi connectivity index (χ3n) is 2.47. The van der Waals surface area contributed by atoms with Gasteiger partial charge in [-0.25, -0.2) is 9.97 Å². The number of anilines is 1. The van der Waals surface area contributed by atoms with Crippen LogP contribution in [0, 0.1) is 0 Å². The van der Waals surface area contributed by atoms with Crippen molar-refractivity contribution in [3.8, 4) is 0 Å². The van der Waals surface area contributed by atoms with Crippen molar-refractivity contribution in [3.63, 3.8) is 0 Å². The third kappa shape index (κ3) is 2.61. The first-order valence-electron chi connectivity index (χ1n) is 5.18. The van der Waals surface area contributed by atoms with Gasteiger partial charge in [0.1, 0.15) is 17.3 Å². The van der Waals surface area contributed by atoms with Crippen LogP contribution in [0.1, 0.15) is 6.92 Å². The summed E-state index contributed by atoms with van der Waals surface area (Å²) in [5.74, 6) is 0.772. The topological polar surface area (TPSA) is 58.5 Å². The fourth-order valence-corrected chi connectivity index (χ4v) is 1.97. The molecule has 1 aliphatic heterocycles. The quantitative estimate of drug-likeness (QED) is 0.776. The number of halogens is 1. The minimum atomic E-state index is -0.169. The van der Waals surface area contributed by atoms with E-state index in [1.54, 1.807) is 6.07 Å². The summed E-state index contributed by atoms with van der Waals surface area (Å²) in [4.78, 5) is 10.0. The second-order valence-electron chi connectivity index (χ2n) is 3.86. The van der Waals surface area contributed by atoms with Gasteiger partial charge in [0.25, 0.3) is 0 Å². The highest BCUT2D eigenvalue weighted by molar-refractivity contribution is 6.29. The summed E-state index contributed by atoms with van der Waals surface area (Å²) in [5.41, 5.74) is 0. The molecule has 16 heavy (non-hydrogen) atoms. The Labute approximate surface area is 99.0 Å². The summed E-state index contributed by atoms with van der Waals surface area (Å²) in [6, 6.07) is 1.72. The van der Waals surface area contributed by atoms with Crippen LogP contribution in [0.2, 0.25) is 5.15 Å². The molecule has 1 aliphatic rings. The largest absolute Gasteiger partial charge is 0.394 e. The van der Waals surface area contributed by atoms with Crippen LogP contribution >= 0.6 is 11.6 Å². The van der Waals surface area contributed by atoms with Crippen LogP contribution in [0.15, 0.2) is 12.4 Å². The van der Waals surface area contributed by atoms with E-state index >= 15 is 0 Å². The Morgan fingerprint density at radius 3 is 3.06 bits per heavy atom. The highest BCUT2D eigenvalue weighted by atomic mass is 35.5. The predicted octanol–water partition coefficient (Wildman–Crippen LogP) is 0.716. The maximum Gasteiger partial charge on any atom is 0.134 e. The Bertz CT molecular complexity index is 364. The third-order valence-corrected chi connectivity index (χ3v) is 2.68. The maximum absolute atomic E-state index is 9.12. The number of aliphatic hydroxyl groups excluding tert-OH is 1. The molecular formula is C10H14ClN3O2. The van der Waals surface area contributed by atoms with Gasteiger partial charge in [0.15, 0.2) is 0 Å². The Morgan fingerprint density at radius 2 is 2.38 bits per heavy atom. The van der Waals surface area contributed by atoms with E-state index in [9.17, 15) is 0 Å². The summed E-state index contributed by atoms with van der Waals surface area (Å²) in [5, 5.41) is 9.54. The smallest absolute Gasteiger partial charge is 0.134 e. The number of rotatable bonds is 2. The zero-order valence-corrected chi connectivity index (χ0v) is 9.76. The first-order chi connectivity index (χ1) is 7.69. The predicted molar refractivity (Wildman–Crippen MR) is 60.7 cm³/mol. The van der Waals surface area contributed by atoms with E-state index < -0.39 is 0 Å². The van der Waals surface area contributed by atoms with E-state index in [4.69, 9.17) is 21.4 Å². The van der Waals surface area contributed by atoms with Crippen molar-refractivity contribution in [2.45, 2.75) is 19.1 Å². The van der Waals surface area contributed by atoms with E-state index in [2.05, 4.69) is 9.97 Å². The van der Waals surface area contributed by atoms with Crippen LogP contribution in [-0.4, -0.2) is 47.0 Å². The van der Waals surface area contributed by atoms with Gasteiger partial charge in [-0.05, 0) is 6.92 Å². The van der Waals surface area contributed by atoms with Gasteiger partial charge in [-0.2, -0.15) is 0 Å². The van der Waals surface area contributed by atoms with E-state index in [-0.39, 0.29) is 18.8 Å². The number of hydrogen-bond donors (Lipinski definition) is 1. The van der Waals surface area contributed by atoms with Crippen LogP contribution in [0.4, 0.5) is 5.82 Å². The molecule has 1 fully saturated rings. The van der Waals surface area contributed by atoms with Gasteiger partial charge < -0.3 is 14.7 Å². The molecule has 0 aromatic carbocycles. The molecule has 2 unspecified atom stereocenters.